The normalized spacial score (nSPS) is 10.6. The minimum atomic E-state index is -0.0786. The Morgan fingerprint density at radius 1 is 1.35 bits per heavy atom. The lowest BCUT2D eigenvalue weighted by Crippen LogP contribution is -2.17. The molecule has 6 nitrogen and oxygen atoms in total. The molecular formula is C13H17N5OS. The predicted octanol–water partition coefficient (Wildman–Crippen LogP) is 0.926. The Bertz CT molecular complexity index is 593. The number of nitrogens with two attached hydrogens (primary N) is 1. The molecule has 3 N–H and O–H groups in total. The number of amides is 1. The van der Waals surface area contributed by atoms with Gasteiger partial charge in [0.15, 0.2) is 5.16 Å². The molecule has 0 fully saturated rings. The Kier molecular flexibility index (Phi) is 4.75. The number of aromatic nitrogens is 3. The Balaban J connectivity index is 2.00. The maximum absolute atomic E-state index is 11.4. The third-order valence-electron chi connectivity index (χ3n) is 2.92. The first-order chi connectivity index (χ1) is 9.65. The van der Waals surface area contributed by atoms with Crippen LogP contribution in [0, 0.1) is 0 Å². The molecule has 0 unspecified atom stereocenters. The molecule has 0 saturated carbocycles. The minimum Gasteiger partial charge on any atom is -0.355 e. The van der Waals surface area contributed by atoms with E-state index in [0.717, 1.165) is 22.3 Å². The van der Waals surface area contributed by atoms with E-state index < -0.39 is 0 Å². The van der Waals surface area contributed by atoms with E-state index in [1.165, 1.54) is 0 Å². The fourth-order valence-corrected chi connectivity index (χ4v) is 2.58. The van der Waals surface area contributed by atoms with Gasteiger partial charge in [-0.1, -0.05) is 23.9 Å². The van der Waals surface area contributed by atoms with Crippen molar-refractivity contribution in [1.29, 1.82) is 0 Å². The smallest absolute Gasteiger partial charge is 0.251 e. The summed E-state index contributed by atoms with van der Waals surface area (Å²) in [6.07, 6.45) is 0. The van der Waals surface area contributed by atoms with E-state index in [0.29, 0.717) is 12.1 Å². The van der Waals surface area contributed by atoms with Crippen LogP contribution < -0.4 is 11.1 Å². The lowest BCUT2D eigenvalue weighted by atomic mass is 10.1. The van der Waals surface area contributed by atoms with Crippen LogP contribution in [0.2, 0.25) is 0 Å². The number of nitrogens with zero attached hydrogens (tertiary/aromatic N) is 3. The molecule has 0 aliphatic carbocycles. The summed E-state index contributed by atoms with van der Waals surface area (Å²) >= 11 is 1.59. The van der Waals surface area contributed by atoms with Gasteiger partial charge in [0.1, 0.15) is 5.82 Å². The Hall–Kier alpha value is -1.86. The van der Waals surface area contributed by atoms with Gasteiger partial charge >= 0.3 is 0 Å². The van der Waals surface area contributed by atoms with Crippen molar-refractivity contribution in [3.8, 4) is 0 Å². The zero-order chi connectivity index (χ0) is 14.5. The Morgan fingerprint density at radius 3 is 2.60 bits per heavy atom. The molecule has 1 heterocycles. The second-order valence-electron chi connectivity index (χ2n) is 4.23. The molecule has 1 amide bonds. The van der Waals surface area contributed by atoms with E-state index in [4.69, 9.17) is 5.73 Å². The first kappa shape index (κ1) is 14.5. The van der Waals surface area contributed by atoms with Gasteiger partial charge in [0, 0.05) is 25.4 Å². The first-order valence-corrected chi connectivity index (χ1v) is 7.16. The maximum atomic E-state index is 11.4. The van der Waals surface area contributed by atoms with Crippen molar-refractivity contribution < 1.29 is 4.79 Å². The molecule has 7 heteroatoms. The van der Waals surface area contributed by atoms with Crippen LogP contribution >= 0.6 is 11.8 Å². The van der Waals surface area contributed by atoms with Crippen LogP contribution in [0.3, 0.4) is 0 Å². The number of carbonyl (C=O) groups is 1. The summed E-state index contributed by atoms with van der Waals surface area (Å²) in [6, 6.07) is 7.52. The van der Waals surface area contributed by atoms with Crippen LogP contribution in [0.1, 0.15) is 21.7 Å². The number of rotatable bonds is 5. The van der Waals surface area contributed by atoms with Crippen LogP contribution in [0.15, 0.2) is 29.4 Å². The molecule has 0 radical (unpaired) electrons. The van der Waals surface area contributed by atoms with Crippen LogP contribution in [0.5, 0.6) is 0 Å². The van der Waals surface area contributed by atoms with Crippen molar-refractivity contribution in [3.63, 3.8) is 0 Å². The van der Waals surface area contributed by atoms with Gasteiger partial charge in [-0.3, -0.25) is 4.79 Å². The summed E-state index contributed by atoms with van der Waals surface area (Å²) in [5, 5.41) is 11.5. The zero-order valence-electron chi connectivity index (χ0n) is 11.5. The molecular weight excluding hydrogens is 274 g/mol. The molecule has 0 bridgehead atoms. The molecule has 106 valence electrons. The van der Waals surface area contributed by atoms with Gasteiger partial charge in [0.25, 0.3) is 5.91 Å². The highest BCUT2D eigenvalue weighted by Crippen LogP contribution is 2.21. The van der Waals surface area contributed by atoms with Crippen molar-refractivity contribution in [3.05, 3.63) is 41.2 Å². The standard InChI is InChI=1S/C13H17N5OS/c1-15-12(19)10-5-3-9(4-6-10)8-20-13-17-16-11(7-14)18(13)2/h3-6H,7-8,14H2,1-2H3,(H,15,19). The van der Waals surface area contributed by atoms with Gasteiger partial charge < -0.3 is 15.6 Å². The largest absolute Gasteiger partial charge is 0.355 e. The van der Waals surface area contributed by atoms with Gasteiger partial charge in [-0.05, 0) is 17.7 Å². The molecule has 0 atom stereocenters. The zero-order valence-corrected chi connectivity index (χ0v) is 12.3. The number of nitrogens with one attached hydrogen (secondary N) is 1. The van der Waals surface area contributed by atoms with E-state index in [1.54, 1.807) is 18.8 Å². The molecule has 2 aromatic rings. The van der Waals surface area contributed by atoms with Crippen LogP contribution in [-0.2, 0) is 19.3 Å². The molecule has 0 saturated heterocycles. The highest BCUT2D eigenvalue weighted by molar-refractivity contribution is 7.98. The lowest BCUT2D eigenvalue weighted by Gasteiger charge is -2.04. The van der Waals surface area contributed by atoms with Crippen LogP contribution in [0.25, 0.3) is 0 Å². The summed E-state index contributed by atoms with van der Waals surface area (Å²) in [4.78, 5) is 11.4. The summed E-state index contributed by atoms with van der Waals surface area (Å²) in [5.41, 5.74) is 7.34. The molecule has 0 aliphatic rings. The summed E-state index contributed by atoms with van der Waals surface area (Å²) in [5.74, 6) is 1.46. The van der Waals surface area contributed by atoms with Crippen LogP contribution in [0.4, 0.5) is 0 Å². The molecule has 20 heavy (non-hydrogen) atoms. The average molecular weight is 291 g/mol. The number of carbonyl (C=O) groups excluding carboxylic acids is 1. The topological polar surface area (TPSA) is 85.8 Å². The van der Waals surface area contributed by atoms with E-state index in [-0.39, 0.29) is 5.91 Å². The van der Waals surface area contributed by atoms with Crippen molar-refractivity contribution in [2.24, 2.45) is 12.8 Å². The van der Waals surface area contributed by atoms with Crippen molar-refractivity contribution >= 4 is 17.7 Å². The van der Waals surface area contributed by atoms with Crippen molar-refractivity contribution in [1.82, 2.24) is 20.1 Å². The third kappa shape index (κ3) is 3.17. The van der Waals surface area contributed by atoms with Crippen molar-refractivity contribution in [2.45, 2.75) is 17.5 Å². The lowest BCUT2D eigenvalue weighted by molar-refractivity contribution is 0.0963. The quantitative estimate of drug-likeness (QED) is 0.800. The van der Waals surface area contributed by atoms with Gasteiger partial charge in [-0.25, -0.2) is 0 Å². The number of benzene rings is 1. The second kappa shape index (κ2) is 6.53. The van der Waals surface area contributed by atoms with E-state index in [9.17, 15) is 4.79 Å². The number of hydrogen-bond donors (Lipinski definition) is 2. The maximum Gasteiger partial charge on any atom is 0.251 e. The highest BCUT2D eigenvalue weighted by atomic mass is 32.2. The number of thioether (sulfide) groups is 1. The first-order valence-electron chi connectivity index (χ1n) is 6.18. The van der Waals surface area contributed by atoms with Gasteiger partial charge in [-0.2, -0.15) is 0 Å². The average Bonchev–Trinajstić information content (AvgIpc) is 2.85. The third-order valence-corrected chi connectivity index (χ3v) is 4.01. The second-order valence-corrected chi connectivity index (χ2v) is 5.17. The Morgan fingerprint density at radius 2 is 2.05 bits per heavy atom. The summed E-state index contributed by atoms with van der Waals surface area (Å²) in [7, 11) is 3.52. The van der Waals surface area contributed by atoms with E-state index in [2.05, 4.69) is 15.5 Å². The number of hydrogen-bond acceptors (Lipinski definition) is 5. The van der Waals surface area contributed by atoms with Gasteiger partial charge in [-0.15, -0.1) is 10.2 Å². The molecule has 1 aromatic carbocycles. The highest BCUT2D eigenvalue weighted by Gasteiger charge is 2.08. The van der Waals surface area contributed by atoms with Gasteiger partial charge in [0.05, 0.1) is 6.54 Å². The van der Waals surface area contributed by atoms with Crippen molar-refractivity contribution in [2.75, 3.05) is 7.05 Å². The Labute approximate surface area is 121 Å². The molecule has 0 spiro atoms. The fraction of sp³-hybridized carbons (Fsp3) is 0.308. The summed E-state index contributed by atoms with van der Waals surface area (Å²) in [6.45, 7) is 0.380. The van der Waals surface area contributed by atoms with Gasteiger partial charge in [0.2, 0.25) is 0 Å². The van der Waals surface area contributed by atoms with E-state index in [1.807, 2.05) is 35.9 Å². The molecule has 2 rings (SSSR count). The molecule has 0 aliphatic heterocycles. The fourth-order valence-electron chi connectivity index (χ4n) is 1.69. The monoisotopic (exact) mass is 291 g/mol. The predicted molar refractivity (Wildman–Crippen MR) is 78.3 cm³/mol. The SMILES string of the molecule is CNC(=O)c1ccc(CSc2nnc(CN)n2C)cc1. The minimum absolute atomic E-state index is 0.0786. The van der Waals surface area contributed by atoms with E-state index >= 15 is 0 Å². The van der Waals surface area contributed by atoms with Crippen LogP contribution in [-0.4, -0.2) is 27.7 Å². The molecule has 1 aromatic heterocycles. The summed E-state index contributed by atoms with van der Waals surface area (Å²) < 4.78 is 1.89.